The van der Waals surface area contributed by atoms with E-state index in [2.05, 4.69) is 9.97 Å². The van der Waals surface area contributed by atoms with Gasteiger partial charge in [-0.1, -0.05) is 12.1 Å². The van der Waals surface area contributed by atoms with Gasteiger partial charge in [-0.3, -0.25) is 4.79 Å². The van der Waals surface area contributed by atoms with E-state index in [-0.39, 0.29) is 5.91 Å². The highest BCUT2D eigenvalue weighted by atomic mass is 32.1. The van der Waals surface area contributed by atoms with Gasteiger partial charge in [0.25, 0.3) is 0 Å². The smallest absolute Gasteiger partial charge is 0.246 e. The molecule has 1 amide bonds. The number of para-hydroxylation sites is 1. The predicted octanol–water partition coefficient (Wildman–Crippen LogP) is 2.97. The molecular formula is C17H18N4OS. The summed E-state index contributed by atoms with van der Waals surface area (Å²) < 4.78 is 3.16. The molecule has 0 aliphatic carbocycles. The van der Waals surface area contributed by atoms with Gasteiger partial charge in [0, 0.05) is 38.6 Å². The normalized spacial score (nSPS) is 11.4. The molecule has 23 heavy (non-hydrogen) atoms. The average molecular weight is 326 g/mol. The summed E-state index contributed by atoms with van der Waals surface area (Å²) in [5, 5.41) is 0.846. The molecule has 3 rings (SSSR count). The minimum atomic E-state index is -0.0259. The number of amides is 1. The third kappa shape index (κ3) is 3.65. The van der Waals surface area contributed by atoms with Crippen LogP contribution in [0, 0.1) is 6.92 Å². The van der Waals surface area contributed by atoms with E-state index in [1.807, 2.05) is 42.0 Å². The average Bonchev–Trinajstić information content (AvgIpc) is 3.15. The molecule has 2 aromatic heterocycles. The molecule has 3 aromatic rings. The molecule has 0 saturated carbocycles. The van der Waals surface area contributed by atoms with E-state index in [1.54, 1.807) is 41.6 Å². The lowest BCUT2D eigenvalue weighted by molar-refractivity contribution is -0.124. The van der Waals surface area contributed by atoms with Crippen LogP contribution >= 0.6 is 11.3 Å². The zero-order chi connectivity index (χ0) is 16.2. The molecule has 0 saturated heterocycles. The number of rotatable bonds is 5. The van der Waals surface area contributed by atoms with E-state index < -0.39 is 0 Å². The van der Waals surface area contributed by atoms with E-state index in [4.69, 9.17) is 0 Å². The Kier molecular flexibility index (Phi) is 4.52. The molecule has 0 bridgehead atoms. The maximum atomic E-state index is 12.2. The van der Waals surface area contributed by atoms with Gasteiger partial charge in [0.15, 0.2) is 0 Å². The Bertz CT molecular complexity index is 816. The third-order valence-electron chi connectivity index (χ3n) is 3.66. The van der Waals surface area contributed by atoms with Crippen molar-refractivity contribution in [3.8, 4) is 0 Å². The molecule has 1 aromatic carbocycles. The van der Waals surface area contributed by atoms with Crippen LogP contribution in [0.25, 0.3) is 16.3 Å². The molecule has 0 N–H and O–H groups in total. The standard InChI is InChI=1S/C17H18N4OS/c1-13-18-9-10-21(13)12-11-20(2)17(22)8-7-16-19-14-5-3-4-6-15(14)23-16/h3-10H,11-12H2,1-2H3/b8-7+. The van der Waals surface area contributed by atoms with Crippen LogP contribution in [-0.2, 0) is 11.3 Å². The molecular weight excluding hydrogens is 308 g/mol. The number of benzene rings is 1. The quantitative estimate of drug-likeness (QED) is 0.677. The van der Waals surface area contributed by atoms with Gasteiger partial charge >= 0.3 is 0 Å². The van der Waals surface area contributed by atoms with Crippen molar-refractivity contribution in [2.45, 2.75) is 13.5 Å². The minimum absolute atomic E-state index is 0.0259. The highest BCUT2D eigenvalue weighted by molar-refractivity contribution is 7.19. The van der Waals surface area contributed by atoms with Crippen molar-refractivity contribution in [1.29, 1.82) is 0 Å². The molecule has 0 fully saturated rings. The SMILES string of the molecule is Cc1nccn1CCN(C)C(=O)/C=C/c1nc2ccccc2s1. The number of carbonyl (C=O) groups is 1. The van der Waals surface area contributed by atoms with Crippen LogP contribution in [0.5, 0.6) is 0 Å². The summed E-state index contributed by atoms with van der Waals surface area (Å²) >= 11 is 1.58. The number of hydrogen-bond acceptors (Lipinski definition) is 4. The molecule has 0 atom stereocenters. The highest BCUT2D eigenvalue weighted by Gasteiger charge is 2.06. The maximum absolute atomic E-state index is 12.2. The highest BCUT2D eigenvalue weighted by Crippen LogP contribution is 2.22. The molecule has 0 spiro atoms. The molecule has 0 aliphatic rings. The number of imidazole rings is 1. The van der Waals surface area contributed by atoms with Crippen LogP contribution in [-0.4, -0.2) is 38.9 Å². The Balaban J connectivity index is 1.60. The molecule has 0 aliphatic heterocycles. The van der Waals surface area contributed by atoms with E-state index >= 15 is 0 Å². The van der Waals surface area contributed by atoms with Crippen molar-refractivity contribution in [2.75, 3.05) is 13.6 Å². The Morgan fingerprint density at radius 1 is 1.39 bits per heavy atom. The number of thiazole rings is 1. The van der Waals surface area contributed by atoms with Crippen LogP contribution in [0.2, 0.25) is 0 Å². The molecule has 5 nitrogen and oxygen atoms in total. The zero-order valence-corrected chi connectivity index (χ0v) is 14.0. The predicted molar refractivity (Wildman–Crippen MR) is 93.3 cm³/mol. The van der Waals surface area contributed by atoms with Gasteiger partial charge in [-0.05, 0) is 25.1 Å². The molecule has 6 heteroatoms. The first-order chi connectivity index (χ1) is 11.1. The zero-order valence-electron chi connectivity index (χ0n) is 13.1. The largest absolute Gasteiger partial charge is 0.340 e. The first kappa shape index (κ1) is 15.4. The van der Waals surface area contributed by atoms with Crippen LogP contribution < -0.4 is 0 Å². The van der Waals surface area contributed by atoms with Crippen molar-refractivity contribution < 1.29 is 4.79 Å². The number of likely N-dealkylation sites (N-methyl/N-ethyl adjacent to an activating group) is 1. The van der Waals surface area contributed by atoms with Gasteiger partial charge in [0.1, 0.15) is 10.8 Å². The summed E-state index contributed by atoms with van der Waals surface area (Å²) in [6.45, 7) is 3.33. The summed E-state index contributed by atoms with van der Waals surface area (Å²) in [6, 6.07) is 7.97. The number of fused-ring (bicyclic) bond motifs is 1. The number of nitrogens with zero attached hydrogens (tertiary/aromatic N) is 4. The van der Waals surface area contributed by atoms with Crippen molar-refractivity contribution >= 4 is 33.5 Å². The molecule has 118 valence electrons. The van der Waals surface area contributed by atoms with Crippen molar-refractivity contribution in [3.05, 3.63) is 53.6 Å². The van der Waals surface area contributed by atoms with E-state index in [9.17, 15) is 4.79 Å². The van der Waals surface area contributed by atoms with Gasteiger partial charge in [-0.2, -0.15) is 0 Å². The summed E-state index contributed by atoms with van der Waals surface area (Å²) in [5.41, 5.74) is 0.966. The molecule has 2 heterocycles. The van der Waals surface area contributed by atoms with Crippen LogP contribution in [0.1, 0.15) is 10.8 Å². The van der Waals surface area contributed by atoms with Crippen LogP contribution in [0.3, 0.4) is 0 Å². The lowest BCUT2D eigenvalue weighted by Crippen LogP contribution is -2.28. The number of hydrogen-bond donors (Lipinski definition) is 0. The number of aryl methyl sites for hydroxylation is 1. The first-order valence-electron chi connectivity index (χ1n) is 7.40. The summed E-state index contributed by atoms with van der Waals surface area (Å²) in [4.78, 5) is 22.5. The lowest BCUT2D eigenvalue weighted by Gasteiger charge is -2.15. The Morgan fingerprint density at radius 3 is 2.96 bits per heavy atom. The second kappa shape index (κ2) is 6.75. The lowest BCUT2D eigenvalue weighted by atomic mass is 10.3. The number of aromatic nitrogens is 3. The van der Waals surface area contributed by atoms with Gasteiger partial charge in [0.2, 0.25) is 5.91 Å². The number of carbonyl (C=O) groups excluding carboxylic acids is 1. The fraction of sp³-hybridized carbons (Fsp3) is 0.235. The van der Waals surface area contributed by atoms with Gasteiger partial charge in [0.05, 0.1) is 10.2 Å². The Morgan fingerprint density at radius 2 is 2.22 bits per heavy atom. The van der Waals surface area contributed by atoms with E-state index in [0.717, 1.165) is 27.6 Å². The Hall–Kier alpha value is -2.47. The summed E-state index contributed by atoms with van der Waals surface area (Å²) in [7, 11) is 1.80. The van der Waals surface area contributed by atoms with Crippen molar-refractivity contribution in [1.82, 2.24) is 19.4 Å². The third-order valence-corrected chi connectivity index (χ3v) is 4.66. The topological polar surface area (TPSA) is 51.0 Å². The van der Waals surface area contributed by atoms with Gasteiger partial charge in [-0.15, -0.1) is 11.3 Å². The second-order valence-electron chi connectivity index (χ2n) is 5.28. The van der Waals surface area contributed by atoms with Crippen molar-refractivity contribution in [2.24, 2.45) is 0 Å². The van der Waals surface area contributed by atoms with Gasteiger partial charge < -0.3 is 9.47 Å². The Labute approximate surface area is 138 Å². The fourth-order valence-electron chi connectivity index (χ4n) is 2.24. The van der Waals surface area contributed by atoms with Crippen LogP contribution in [0.4, 0.5) is 0 Å². The second-order valence-corrected chi connectivity index (χ2v) is 6.34. The summed E-state index contributed by atoms with van der Waals surface area (Å²) in [6.07, 6.45) is 7.05. The van der Waals surface area contributed by atoms with E-state index in [1.165, 1.54) is 0 Å². The molecule has 0 radical (unpaired) electrons. The van der Waals surface area contributed by atoms with Gasteiger partial charge in [-0.25, -0.2) is 9.97 Å². The van der Waals surface area contributed by atoms with Crippen molar-refractivity contribution in [3.63, 3.8) is 0 Å². The summed E-state index contributed by atoms with van der Waals surface area (Å²) in [5.74, 6) is 0.929. The minimum Gasteiger partial charge on any atom is -0.340 e. The fourth-order valence-corrected chi connectivity index (χ4v) is 3.11. The van der Waals surface area contributed by atoms with E-state index in [0.29, 0.717) is 6.54 Å². The monoisotopic (exact) mass is 326 g/mol. The first-order valence-corrected chi connectivity index (χ1v) is 8.21. The molecule has 0 unspecified atom stereocenters. The van der Waals surface area contributed by atoms with Crippen LogP contribution in [0.15, 0.2) is 42.7 Å². The maximum Gasteiger partial charge on any atom is 0.246 e.